The van der Waals surface area contributed by atoms with Gasteiger partial charge in [0.15, 0.2) is 0 Å². The number of rotatable bonds is 13. The van der Waals surface area contributed by atoms with Gasteiger partial charge >= 0.3 is 12.0 Å². The van der Waals surface area contributed by atoms with E-state index < -0.39 is 0 Å². The predicted octanol–water partition coefficient (Wildman–Crippen LogP) is 5.11. The van der Waals surface area contributed by atoms with E-state index in [1.807, 2.05) is 0 Å². The van der Waals surface area contributed by atoms with Gasteiger partial charge in [-0.3, -0.25) is 10.2 Å². The van der Waals surface area contributed by atoms with E-state index in [0.29, 0.717) is 35.1 Å². The summed E-state index contributed by atoms with van der Waals surface area (Å²) in [6.45, 7) is 2.40. The standard InChI is InChI=1S/C25H27ClN4O6/c1-4-34-24(31)9-6-14-35-20-7-5-8-21(36-25-28-22(32-2)15-23(29-25)33-3)19(20)16-27-30-18-12-10-17(26)11-13-18/h5,7-8,10-13,15-16,30H,4,6,9,14H2,1-3H3. The Morgan fingerprint density at radius 2 is 1.75 bits per heavy atom. The van der Waals surface area contributed by atoms with Crippen molar-refractivity contribution in [2.24, 2.45) is 5.10 Å². The number of benzene rings is 2. The van der Waals surface area contributed by atoms with Crippen LogP contribution in [0, 0.1) is 0 Å². The van der Waals surface area contributed by atoms with Crippen LogP contribution < -0.4 is 24.4 Å². The van der Waals surface area contributed by atoms with E-state index in [-0.39, 0.29) is 36.8 Å². The number of nitrogens with zero attached hydrogens (tertiary/aromatic N) is 3. The van der Waals surface area contributed by atoms with E-state index >= 15 is 0 Å². The summed E-state index contributed by atoms with van der Waals surface area (Å²) in [5.41, 5.74) is 4.21. The Kier molecular flexibility index (Phi) is 10.1. The Labute approximate surface area is 214 Å². The molecule has 0 aliphatic carbocycles. The van der Waals surface area contributed by atoms with Gasteiger partial charge in [-0.25, -0.2) is 0 Å². The van der Waals surface area contributed by atoms with Crippen molar-refractivity contribution in [3.63, 3.8) is 0 Å². The lowest BCUT2D eigenvalue weighted by molar-refractivity contribution is -0.143. The molecule has 0 unspecified atom stereocenters. The minimum atomic E-state index is -0.267. The smallest absolute Gasteiger partial charge is 0.328 e. The van der Waals surface area contributed by atoms with Crippen LogP contribution in [-0.2, 0) is 9.53 Å². The minimum absolute atomic E-state index is 0.0194. The first-order valence-electron chi connectivity index (χ1n) is 11.1. The van der Waals surface area contributed by atoms with Crippen LogP contribution in [0.2, 0.25) is 5.02 Å². The van der Waals surface area contributed by atoms with Crippen LogP contribution >= 0.6 is 11.6 Å². The second-order valence-corrected chi connectivity index (χ2v) is 7.58. The summed E-state index contributed by atoms with van der Waals surface area (Å²) in [7, 11) is 2.97. The van der Waals surface area contributed by atoms with E-state index in [1.165, 1.54) is 20.3 Å². The molecular weight excluding hydrogens is 488 g/mol. The summed E-state index contributed by atoms with van der Waals surface area (Å²) in [5, 5.41) is 4.93. The van der Waals surface area contributed by atoms with Crippen LogP contribution in [0.4, 0.5) is 5.69 Å². The molecule has 11 heteroatoms. The molecule has 1 N–H and O–H groups in total. The third kappa shape index (κ3) is 8.02. The fraction of sp³-hybridized carbons (Fsp3) is 0.280. The number of aromatic nitrogens is 2. The van der Waals surface area contributed by atoms with Gasteiger partial charge in [-0.2, -0.15) is 15.1 Å². The number of ether oxygens (including phenoxy) is 5. The minimum Gasteiger partial charge on any atom is -0.493 e. The van der Waals surface area contributed by atoms with Crippen molar-refractivity contribution in [2.45, 2.75) is 19.8 Å². The fourth-order valence-electron chi connectivity index (χ4n) is 2.93. The SMILES string of the molecule is CCOC(=O)CCCOc1cccc(Oc2nc(OC)cc(OC)n2)c1C=NNc1ccc(Cl)cc1. The van der Waals surface area contributed by atoms with Crippen molar-refractivity contribution in [1.29, 1.82) is 0 Å². The molecule has 1 aromatic heterocycles. The summed E-state index contributed by atoms with van der Waals surface area (Å²) in [4.78, 5) is 20.0. The first kappa shape index (κ1) is 26.6. The quantitative estimate of drug-likeness (QED) is 0.144. The second kappa shape index (κ2) is 13.7. The molecule has 0 amide bonds. The van der Waals surface area contributed by atoms with Gasteiger partial charge in [-0.05, 0) is 49.7 Å². The molecule has 0 aliphatic heterocycles. The van der Waals surface area contributed by atoms with Crippen molar-refractivity contribution >= 4 is 29.5 Å². The number of hydrogen-bond donors (Lipinski definition) is 1. The van der Waals surface area contributed by atoms with Gasteiger partial charge in [0.1, 0.15) is 11.5 Å². The Hall–Kier alpha value is -4.05. The first-order valence-corrected chi connectivity index (χ1v) is 11.5. The van der Waals surface area contributed by atoms with Gasteiger partial charge in [-0.1, -0.05) is 17.7 Å². The third-order valence-electron chi connectivity index (χ3n) is 4.62. The highest BCUT2D eigenvalue weighted by Crippen LogP contribution is 2.31. The lowest BCUT2D eigenvalue weighted by Gasteiger charge is -2.14. The number of anilines is 1. The van der Waals surface area contributed by atoms with Gasteiger partial charge in [-0.15, -0.1) is 0 Å². The lowest BCUT2D eigenvalue weighted by atomic mass is 10.2. The Balaban J connectivity index is 1.83. The molecule has 0 atom stereocenters. The molecule has 0 saturated carbocycles. The number of esters is 1. The number of methoxy groups -OCH3 is 2. The molecule has 0 bridgehead atoms. The van der Waals surface area contributed by atoms with E-state index in [1.54, 1.807) is 55.6 Å². The summed E-state index contributed by atoms with van der Waals surface area (Å²) < 4.78 is 27.2. The molecule has 0 spiro atoms. The molecule has 0 fully saturated rings. The topological polar surface area (TPSA) is 113 Å². The van der Waals surface area contributed by atoms with E-state index in [0.717, 1.165) is 5.69 Å². The monoisotopic (exact) mass is 514 g/mol. The molecular formula is C25H27ClN4O6. The summed E-state index contributed by atoms with van der Waals surface area (Å²) in [6.07, 6.45) is 2.30. The van der Waals surface area contributed by atoms with Gasteiger partial charge in [0.25, 0.3) is 0 Å². The average molecular weight is 515 g/mol. The number of halogens is 1. The van der Waals surface area contributed by atoms with Crippen LogP contribution in [0.15, 0.2) is 53.6 Å². The van der Waals surface area contributed by atoms with E-state index in [2.05, 4.69) is 20.5 Å². The Bertz CT molecular complexity index is 1150. The maximum atomic E-state index is 11.6. The summed E-state index contributed by atoms with van der Waals surface area (Å²) >= 11 is 5.94. The van der Waals surface area contributed by atoms with Crippen LogP contribution in [0.1, 0.15) is 25.3 Å². The molecule has 10 nitrogen and oxygen atoms in total. The lowest BCUT2D eigenvalue weighted by Crippen LogP contribution is -2.08. The first-order chi connectivity index (χ1) is 17.5. The molecule has 0 radical (unpaired) electrons. The van der Waals surface area contributed by atoms with Crippen LogP contribution in [0.25, 0.3) is 0 Å². The van der Waals surface area contributed by atoms with E-state index in [4.69, 9.17) is 35.3 Å². The molecule has 3 rings (SSSR count). The number of hydrogen-bond acceptors (Lipinski definition) is 10. The highest BCUT2D eigenvalue weighted by Gasteiger charge is 2.14. The number of hydrazone groups is 1. The number of nitrogens with one attached hydrogen (secondary N) is 1. The van der Waals surface area contributed by atoms with Crippen molar-refractivity contribution in [2.75, 3.05) is 32.9 Å². The zero-order chi connectivity index (χ0) is 25.8. The molecule has 1 heterocycles. The van der Waals surface area contributed by atoms with Crippen molar-refractivity contribution < 1.29 is 28.5 Å². The zero-order valence-electron chi connectivity index (χ0n) is 20.2. The van der Waals surface area contributed by atoms with Crippen molar-refractivity contribution in [3.05, 3.63) is 59.1 Å². The zero-order valence-corrected chi connectivity index (χ0v) is 20.9. The fourth-order valence-corrected chi connectivity index (χ4v) is 3.06. The van der Waals surface area contributed by atoms with Crippen molar-refractivity contribution in [3.8, 4) is 29.3 Å². The maximum Gasteiger partial charge on any atom is 0.328 e. The number of carbonyl (C=O) groups excluding carboxylic acids is 1. The summed E-state index contributed by atoms with van der Waals surface area (Å²) in [6, 6.07) is 13.9. The Morgan fingerprint density at radius 3 is 2.42 bits per heavy atom. The van der Waals surface area contributed by atoms with E-state index in [9.17, 15) is 4.79 Å². The molecule has 0 aliphatic rings. The van der Waals surface area contributed by atoms with Gasteiger partial charge in [0, 0.05) is 11.4 Å². The normalized spacial score (nSPS) is 10.7. The largest absolute Gasteiger partial charge is 0.493 e. The molecule has 36 heavy (non-hydrogen) atoms. The third-order valence-corrected chi connectivity index (χ3v) is 4.88. The van der Waals surface area contributed by atoms with Crippen LogP contribution in [-0.4, -0.2) is 49.6 Å². The highest BCUT2D eigenvalue weighted by atomic mass is 35.5. The predicted molar refractivity (Wildman–Crippen MR) is 136 cm³/mol. The van der Waals surface area contributed by atoms with Gasteiger partial charge in [0.2, 0.25) is 11.8 Å². The van der Waals surface area contributed by atoms with Gasteiger partial charge < -0.3 is 23.7 Å². The summed E-state index contributed by atoms with van der Waals surface area (Å²) in [5.74, 6) is 1.17. The number of carbonyl (C=O) groups is 1. The maximum absolute atomic E-state index is 11.6. The second-order valence-electron chi connectivity index (χ2n) is 7.14. The van der Waals surface area contributed by atoms with Crippen LogP contribution in [0.5, 0.6) is 29.3 Å². The molecule has 0 saturated heterocycles. The molecule has 2 aromatic carbocycles. The average Bonchev–Trinajstić information content (AvgIpc) is 2.88. The van der Waals surface area contributed by atoms with Crippen molar-refractivity contribution in [1.82, 2.24) is 9.97 Å². The highest BCUT2D eigenvalue weighted by molar-refractivity contribution is 6.30. The molecule has 3 aromatic rings. The van der Waals surface area contributed by atoms with Gasteiger partial charge in [0.05, 0.1) is 51.0 Å². The Morgan fingerprint density at radius 1 is 1.06 bits per heavy atom. The van der Waals surface area contributed by atoms with Crippen LogP contribution in [0.3, 0.4) is 0 Å². The molecule has 190 valence electrons.